The van der Waals surface area contributed by atoms with Crippen LogP contribution in [0.4, 0.5) is 14.5 Å². The van der Waals surface area contributed by atoms with E-state index >= 15 is 0 Å². The van der Waals surface area contributed by atoms with E-state index in [1.165, 1.54) is 46.6 Å². The first kappa shape index (κ1) is 20.5. The van der Waals surface area contributed by atoms with Gasteiger partial charge in [0.25, 0.3) is 0 Å². The first-order valence-corrected chi connectivity index (χ1v) is 10.5. The Labute approximate surface area is 177 Å². The summed E-state index contributed by atoms with van der Waals surface area (Å²) < 4.78 is 27.0. The van der Waals surface area contributed by atoms with Gasteiger partial charge >= 0.3 is 0 Å². The molecule has 0 saturated carbocycles. The predicted octanol–water partition coefficient (Wildman–Crippen LogP) is 5.80. The van der Waals surface area contributed by atoms with Crippen molar-refractivity contribution in [3.63, 3.8) is 0 Å². The Bertz CT molecular complexity index is 959. The first-order valence-electron chi connectivity index (χ1n) is 10.5. The molecule has 1 saturated heterocycles. The van der Waals surface area contributed by atoms with Crippen LogP contribution in [0, 0.1) is 32.4 Å². The quantitative estimate of drug-likeness (QED) is 0.540. The zero-order chi connectivity index (χ0) is 21.3. The molecule has 0 bridgehead atoms. The smallest absolute Gasteiger partial charge is 0.123 e. The Morgan fingerprint density at radius 1 is 0.633 bits per heavy atom. The molecule has 1 heterocycles. The molecule has 4 rings (SSSR count). The van der Waals surface area contributed by atoms with Gasteiger partial charge in [-0.3, -0.25) is 4.90 Å². The number of piperazine rings is 1. The number of rotatable bonds is 4. The Kier molecular flexibility index (Phi) is 5.87. The Morgan fingerprint density at radius 3 is 1.63 bits per heavy atom. The summed E-state index contributed by atoms with van der Waals surface area (Å²) >= 11 is 0. The van der Waals surface area contributed by atoms with E-state index in [-0.39, 0.29) is 17.7 Å². The Hall–Kier alpha value is -2.72. The van der Waals surface area contributed by atoms with Crippen molar-refractivity contribution in [3.8, 4) is 0 Å². The lowest BCUT2D eigenvalue weighted by Crippen LogP contribution is -2.48. The van der Waals surface area contributed by atoms with Crippen LogP contribution in [0.25, 0.3) is 0 Å². The Balaban J connectivity index is 1.58. The lowest BCUT2D eigenvalue weighted by molar-refractivity contribution is 0.212. The van der Waals surface area contributed by atoms with Crippen molar-refractivity contribution in [2.45, 2.75) is 26.8 Å². The summed E-state index contributed by atoms with van der Waals surface area (Å²) in [5, 5.41) is 0. The van der Waals surface area contributed by atoms with Crippen molar-refractivity contribution < 1.29 is 8.78 Å². The SMILES string of the molecule is Cc1ccc(N2CCN(C(c3ccc(F)cc3)c3ccc(F)cc3)CC2)c(C)c1C. The van der Waals surface area contributed by atoms with E-state index in [9.17, 15) is 8.78 Å². The van der Waals surface area contributed by atoms with E-state index in [2.05, 4.69) is 42.7 Å². The van der Waals surface area contributed by atoms with Gasteiger partial charge in [0.2, 0.25) is 0 Å². The van der Waals surface area contributed by atoms with Gasteiger partial charge in [0.05, 0.1) is 6.04 Å². The van der Waals surface area contributed by atoms with Crippen LogP contribution in [0.5, 0.6) is 0 Å². The zero-order valence-corrected chi connectivity index (χ0v) is 17.8. The molecule has 0 spiro atoms. The molecule has 4 heteroatoms. The van der Waals surface area contributed by atoms with Crippen LogP contribution in [0.2, 0.25) is 0 Å². The maximum atomic E-state index is 13.5. The molecule has 1 aliphatic rings. The van der Waals surface area contributed by atoms with Gasteiger partial charge in [-0.05, 0) is 78.9 Å². The predicted molar refractivity (Wildman–Crippen MR) is 119 cm³/mol. The molecular formula is C26H28F2N2. The highest BCUT2D eigenvalue weighted by Gasteiger charge is 2.27. The standard InChI is InChI=1S/C26H28F2N2/c1-18-4-13-25(20(3)19(18)2)29-14-16-30(17-15-29)26(21-5-9-23(27)10-6-21)22-7-11-24(28)12-8-22/h4-13,26H,14-17H2,1-3H3. The summed E-state index contributed by atoms with van der Waals surface area (Å²) in [6.07, 6.45) is 0. The molecule has 0 radical (unpaired) electrons. The number of halogens is 2. The highest BCUT2D eigenvalue weighted by atomic mass is 19.1. The number of hydrogen-bond acceptors (Lipinski definition) is 2. The molecule has 0 aromatic heterocycles. The van der Waals surface area contributed by atoms with Gasteiger partial charge < -0.3 is 4.90 Å². The highest BCUT2D eigenvalue weighted by molar-refractivity contribution is 5.58. The monoisotopic (exact) mass is 406 g/mol. The lowest BCUT2D eigenvalue weighted by Gasteiger charge is -2.41. The number of aryl methyl sites for hydroxylation is 1. The van der Waals surface area contributed by atoms with Crippen LogP contribution in [-0.4, -0.2) is 31.1 Å². The van der Waals surface area contributed by atoms with Crippen molar-refractivity contribution >= 4 is 5.69 Å². The van der Waals surface area contributed by atoms with Gasteiger partial charge in [-0.25, -0.2) is 8.78 Å². The van der Waals surface area contributed by atoms with Crippen LogP contribution >= 0.6 is 0 Å². The molecule has 0 amide bonds. The topological polar surface area (TPSA) is 6.48 Å². The number of nitrogens with zero attached hydrogens (tertiary/aromatic N) is 2. The molecule has 0 N–H and O–H groups in total. The minimum absolute atomic E-state index is 0.0193. The van der Waals surface area contributed by atoms with Gasteiger partial charge in [0.1, 0.15) is 11.6 Å². The van der Waals surface area contributed by atoms with Crippen LogP contribution in [0.15, 0.2) is 60.7 Å². The second kappa shape index (κ2) is 8.57. The van der Waals surface area contributed by atoms with Gasteiger partial charge in [-0.1, -0.05) is 30.3 Å². The van der Waals surface area contributed by atoms with Crippen molar-refractivity contribution in [1.29, 1.82) is 0 Å². The fourth-order valence-electron chi connectivity index (χ4n) is 4.41. The van der Waals surface area contributed by atoms with Crippen LogP contribution in [-0.2, 0) is 0 Å². The van der Waals surface area contributed by atoms with E-state index in [1.807, 2.05) is 24.3 Å². The molecular weight excluding hydrogens is 378 g/mol. The summed E-state index contributed by atoms with van der Waals surface area (Å²) in [7, 11) is 0. The van der Waals surface area contributed by atoms with Crippen molar-refractivity contribution in [1.82, 2.24) is 4.90 Å². The molecule has 0 unspecified atom stereocenters. The van der Waals surface area contributed by atoms with E-state index in [1.54, 1.807) is 0 Å². The van der Waals surface area contributed by atoms with Crippen LogP contribution in [0.1, 0.15) is 33.9 Å². The van der Waals surface area contributed by atoms with E-state index in [4.69, 9.17) is 0 Å². The lowest BCUT2D eigenvalue weighted by atomic mass is 9.96. The average molecular weight is 407 g/mol. The number of anilines is 1. The third kappa shape index (κ3) is 4.10. The molecule has 2 nitrogen and oxygen atoms in total. The highest BCUT2D eigenvalue weighted by Crippen LogP contribution is 2.32. The molecule has 1 fully saturated rings. The summed E-state index contributed by atoms with van der Waals surface area (Å²) in [6, 6.07) is 17.8. The van der Waals surface area contributed by atoms with Crippen molar-refractivity contribution in [3.05, 3.63) is 100 Å². The van der Waals surface area contributed by atoms with E-state index in [0.29, 0.717) is 0 Å². The first-order chi connectivity index (χ1) is 14.4. The summed E-state index contributed by atoms with van der Waals surface area (Å²) in [5.41, 5.74) is 7.38. The largest absolute Gasteiger partial charge is 0.369 e. The van der Waals surface area contributed by atoms with Gasteiger partial charge in [0.15, 0.2) is 0 Å². The van der Waals surface area contributed by atoms with Gasteiger partial charge in [-0.15, -0.1) is 0 Å². The molecule has 1 aliphatic heterocycles. The normalized spacial score (nSPS) is 15.1. The molecule has 3 aromatic rings. The van der Waals surface area contributed by atoms with Crippen molar-refractivity contribution in [2.75, 3.05) is 31.1 Å². The molecule has 156 valence electrons. The van der Waals surface area contributed by atoms with Crippen LogP contribution in [0.3, 0.4) is 0 Å². The van der Waals surface area contributed by atoms with Crippen LogP contribution < -0.4 is 4.90 Å². The number of benzene rings is 3. The molecule has 0 atom stereocenters. The average Bonchev–Trinajstić information content (AvgIpc) is 2.76. The summed E-state index contributed by atoms with van der Waals surface area (Å²) in [4.78, 5) is 4.86. The molecule has 30 heavy (non-hydrogen) atoms. The third-order valence-electron chi connectivity index (χ3n) is 6.42. The third-order valence-corrected chi connectivity index (χ3v) is 6.42. The van der Waals surface area contributed by atoms with E-state index in [0.717, 1.165) is 37.3 Å². The van der Waals surface area contributed by atoms with Crippen molar-refractivity contribution in [2.24, 2.45) is 0 Å². The maximum absolute atomic E-state index is 13.5. The van der Waals surface area contributed by atoms with Gasteiger partial charge in [0, 0.05) is 31.9 Å². The zero-order valence-electron chi connectivity index (χ0n) is 17.8. The fourth-order valence-corrected chi connectivity index (χ4v) is 4.41. The minimum atomic E-state index is -0.244. The Morgan fingerprint density at radius 2 is 1.13 bits per heavy atom. The summed E-state index contributed by atoms with van der Waals surface area (Å²) in [6.45, 7) is 10.1. The van der Waals surface area contributed by atoms with Gasteiger partial charge in [-0.2, -0.15) is 0 Å². The number of hydrogen-bond donors (Lipinski definition) is 0. The minimum Gasteiger partial charge on any atom is -0.369 e. The maximum Gasteiger partial charge on any atom is 0.123 e. The molecule has 3 aromatic carbocycles. The second-order valence-electron chi connectivity index (χ2n) is 8.18. The van der Waals surface area contributed by atoms with E-state index < -0.39 is 0 Å². The molecule has 0 aliphatic carbocycles. The fraction of sp³-hybridized carbons (Fsp3) is 0.308. The second-order valence-corrected chi connectivity index (χ2v) is 8.18. The summed E-state index contributed by atoms with van der Waals surface area (Å²) in [5.74, 6) is -0.488.